The molecule has 0 fully saturated rings. The molecule has 8 heteroatoms. The Morgan fingerprint density at radius 3 is 2.93 bits per heavy atom. The number of hydrogen-bond donors (Lipinski definition) is 0. The number of pyridine rings is 1. The summed E-state index contributed by atoms with van der Waals surface area (Å²) >= 11 is 0. The van der Waals surface area contributed by atoms with E-state index in [9.17, 15) is 4.79 Å². The van der Waals surface area contributed by atoms with Crippen molar-refractivity contribution in [3.8, 4) is 23.0 Å². The zero-order chi connectivity index (χ0) is 19.1. The summed E-state index contributed by atoms with van der Waals surface area (Å²) in [6.07, 6.45) is 2.05. The Bertz CT molecular complexity index is 1030. The van der Waals surface area contributed by atoms with Gasteiger partial charge < -0.3 is 18.9 Å². The van der Waals surface area contributed by atoms with Crippen molar-refractivity contribution >= 4 is 5.91 Å². The number of carbonyl (C=O) groups is 1. The van der Waals surface area contributed by atoms with E-state index in [-0.39, 0.29) is 18.7 Å². The fourth-order valence-electron chi connectivity index (χ4n) is 3.73. The number of aromatic nitrogens is 4. The lowest BCUT2D eigenvalue weighted by atomic mass is 10.1. The Hall–Kier alpha value is -3.42. The summed E-state index contributed by atoms with van der Waals surface area (Å²) in [7, 11) is 0. The highest BCUT2D eigenvalue weighted by molar-refractivity contribution is 5.79. The van der Waals surface area contributed by atoms with Gasteiger partial charge in [-0.05, 0) is 36.8 Å². The Labute approximate surface area is 161 Å². The molecule has 5 rings (SSSR count). The van der Waals surface area contributed by atoms with E-state index >= 15 is 0 Å². The monoisotopic (exact) mass is 377 g/mol. The fraction of sp³-hybridized carbons (Fsp3) is 0.300. The molecule has 0 N–H and O–H groups in total. The Morgan fingerprint density at radius 2 is 2.07 bits per heavy atom. The molecule has 0 spiro atoms. The first-order valence-electron chi connectivity index (χ1n) is 9.20. The van der Waals surface area contributed by atoms with Crippen LogP contribution >= 0.6 is 0 Å². The zero-order valence-electron chi connectivity index (χ0n) is 15.4. The van der Waals surface area contributed by atoms with Gasteiger partial charge in [-0.15, -0.1) is 10.2 Å². The first-order valence-corrected chi connectivity index (χ1v) is 9.20. The molecule has 0 radical (unpaired) electrons. The number of hydrogen-bond acceptors (Lipinski definition) is 6. The molecule has 1 amide bonds. The highest BCUT2D eigenvalue weighted by atomic mass is 16.7. The third-order valence-corrected chi connectivity index (χ3v) is 5.06. The van der Waals surface area contributed by atoms with Crippen molar-refractivity contribution in [1.82, 2.24) is 24.6 Å². The lowest BCUT2D eigenvalue weighted by molar-refractivity contribution is -0.132. The van der Waals surface area contributed by atoms with Crippen LogP contribution in [-0.4, -0.2) is 43.9 Å². The van der Waals surface area contributed by atoms with E-state index in [1.807, 2.05) is 41.3 Å². The fourth-order valence-corrected chi connectivity index (χ4v) is 3.73. The largest absolute Gasteiger partial charge is 0.454 e. The van der Waals surface area contributed by atoms with Crippen LogP contribution in [0.4, 0.5) is 0 Å². The first kappa shape index (κ1) is 16.7. The summed E-state index contributed by atoms with van der Waals surface area (Å²) in [4.78, 5) is 19.1. The van der Waals surface area contributed by atoms with Gasteiger partial charge in [0.2, 0.25) is 12.7 Å². The van der Waals surface area contributed by atoms with Gasteiger partial charge in [0.15, 0.2) is 23.1 Å². The van der Waals surface area contributed by atoms with Gasteiger partial charge in [-0.25, -0.2) is 0 Å². The van der Waals surface area contributed by atoms with Gasteiger partial charge in [-0.3, -0.25) is 9.78 Å². The number of amides is 1. The van der Waals surface area contributed by atoms with Crippen LogP contribution in [0.5, 0.6) is 11.5 Å². The minimum absolute atomic E-state index is 0.0550. The van der Waals surface area contributed by atoms with E-state index in [0.29, 0.717) is 25.3 Å². The summed E-state index contributed by atoms with van der Waals surface area (Å²) in [5, 5.41) is 8.63. The van der Waals surface area contributed by atoms with Crippen molar-refractivity contribution in [2.24, 2.45) is 0 Å². The van der Waals surface area contributed by atoms with Gasteiger partial charge in [0, 0.05) is 12.7 Å². The highest BCUT2D eigenvalue weighted by Crippen LogP contribution is 2.33. The van der Waals surface area contributed by atoms with Crippen molar-refractivity contribution < 1.29 is 14.3 Å². The van der Waals surface area contributed by atoms with Crippen LogP contribution in [0.2, 0.25) is 0 Å². The van der Waals surface area contributed by atoms with Gasteiger partial charge in [-0.2, -0.15) is 0 Å². The van der Waals surface area contributed by atoms with Crippen LogP contribution in [0, 0.1) is 0 Å². The normalized spacial score (nSPS) is 17.5. The second kappa shape index (κ2) is 6.63. The van der Waals surface area contributed by atoms with E-state index in [0.717, 1.165) is 28.7 Å². The van der Waals surface area contributed by atoms with Crippen LogP contribution in [0.3, 0.4) is 0 Å². The van der Waals surface area contributed by atoms with Crippen LogP contribution in [0.1, 0.15) is 24.4 Å². The van der Waals surface area contributed by atoms with Crippen molar-refractivity contribution in [3.05, 3.63) is 54.0 Å². The zero-order valence-corrected chi connectivity index (χ0v) is 15.4. The molecule has 1 aromatic carbocycles. The molecular weight excluding hydrogens is 358 g/mol. The van der Waals surface area contributed by atoms with Gasteiger partial charge in [0.1, 0.15) is 5.69 Å². The molecular formula is C20H19N5O3. The predicted octanol–water partition coefficient (Wildman–Crippen LogP) is 2.21. The molecule has 28 heavy (non-hydrogen) atoms. The molecule has 0 saturated heterocycles. The number of carbonyl (C=O) groups excluding carboxylic acids is 1. The number of fused-ring (bicyclic) bond motifs is 2. The molecule has 2 aliphatic rings. The molecule has 1 atom stereocenters. The van der Waals surface area contributed by atoms with E-state index in [1.54, 1.807) is 6.20 Å². The molecule has 2 aliphatic heterocycles. The van der Waals surface area contributed by atoms with Gasteiger partial charge in [0.25, 0.3) is 0 Å². The molecule has 2 aromatic heterocycles. The molecule has 0 bridgehead atoms. The van der Waals surface area contributed by atoms with E-state index < -0.39 is 0 Å². The second-order valence-corrected chi connectivity index (χ2v) is 7.01. The molecule has 142 valence electrons. The lowest BCUT2D eigenvalue weighted by Gasteiger charge is -2.32. The SMILES string of the molecule is C[C@H]1CN(C(=O)Cc2ccc3c(c2)OCO3)Cc2nnc(-c3ccccn3)n21. The minimum atomic E-state index is 0.0550. The number of ether oxygens (including phenoxy) is 2. The number of benzene rings is 1. The summed E-state index contributed by atoms with van der Waals surface area (Å²) in [6.45, 7) is 3.34. The summed E-state index contributed by atoms with van der Waals surface area (Å²) in [5.41, 5.74) is 1.69. The first-order chi connectivity index (χ1) is 13.7. The van der Waals surface area contributed by atoms with Crippen LogP contribution in [0.15, 0.2) is 42.6 Å². The molecule has 3 aromatic rings. The summed E-state index contributed by atoms with van der Waals surface area (Å²) in [6, 6.07) is 11.4. The van der Waals surface area contributed by atoms with Gasteiger partial charge in [0.05, 0.1) is 19.0 Å². The topological polar surface area (TPSA) is 82.4 Å². The average molecular weight is 377 g/mol. The number of nitrogens with zero attached hydrogens (tertiary/aromatic N) is 5. The third kappa shape index (κ3) is 2.87. The van der Waals surface area contributed by atoms with E-state index in [4.69, 9.17) is 9.47 Å². The quantitative estimate of drug-likeness (QED) is 0.696. The van der Waals surface area contributed by atoms with Crippen LogP contribution in [-0.2, 0) is 17.8 Å². The number of rotatable bonds is 3. The van der Waals surface area contributed by atoms with Crippen molar-refractivity contribution in [1.29, 1.82) is 0 Å². The standard InChI is InChI=1S/C20H19N5O3/c1-13-10-24(19(26)9-14-5-6-16-17(8-14)28-12-27-16)11-18-22-23-20(25(13)18)15-4-2-3-7-21-15/h2-8,13H,9-12H2,1H3/t13-/m0/s1. The van der Waals surface area contributed by atoms with E-state index in [2.05, 4.69) is 26.7 Å². The molecule has 0 saturated carbocycles. The minimum Gasteiger partial charge on any atom is -0.454 e. The summed E-state index contributed by atoms with van der Waals surface area (Å²) in [5.74, 6) is 2.98. The Kier molecular flexibility index (Phi) is 3.96. The third-order valence-electron chi connectivity index (χ3n) is 5.06. The second-order valence-electron chi connectivity index (χ2n) is 7.01. The molecule has 0 aliphatic carbocycles. The maximum Gasteiger partial charge on any atom is 0.231 e. The van der Waals surface area contributed by atoms with Crippen molar-refractivity contribution in [2.75, 3.05) is 13.3 Å². The summed E-state index contributed by atoms with van der Waals surface area (Å²) < 4.78 is 12.8. The van der Waals surface area contributed by atoms with Gasteiger partial charge in [-0.1, -0.05) is 12.1 Å². The average Bonchev–Trinajstić information content (AvgIpc) is 3.35. The van der Waals surface area contributed by atoms with Crippen LogP contribution in [0.25, 0.3) is 11.5 Å². The van der Waals surface area contributed by atoms with Crippen molar-refractivity contribution in [3.63, 3.8) is 0 Å². The maximum atomic E-state index is 12.9. The predicted molar refractivity (Wildman–Crippen MR) is 99.7 cm³/mol. The Balaban J connectivity index is 1.35. The molecule has 8 nitrogen and oxygen atoms in total. The smallest absolute Gasteiger partial charge is 0.231 e. The van der Waals surface area contributed by atoms with Gasteiger partial charge >= 0.3 is 0 Å². The van der Waals surface area contributed by atoms with Crippen LogP contribution < -0.4 is 9.47 Å². The molecule has 4 heterocycles. The highest BCUT2D eigenvalue weighted by Gasteiger charge is 2.30. The Morgan fingerprint density at radius 1 is 1.18 bits per heavy atom. The van der Waals surface area contributed by atoms with E-state index in [1.165, 1.54) is 0 Å². The van der Waals surface area contributed by atoms with Crippen molar-refractivity contribution in [2.45, 2.75) is 25.9 Å². The maximum absolute atomic E-state index is 12.9. The molecule has 0 unspecified atom stereocenters. The lowest BCUT2D eigenvalue weighted by Crippen LogP contribution is -2.41.